The number of hydrogen-bond acceptors (Lipinski definition) is 3. The van der Waals surface area contributed by atoms with Crippen LogP contribution in [0.3, 0.4) is 0 Å². The molecular weight excluding hydrogens is 272 g/mol. The number of fused-ring (bicyclic) bond motifs is 3. The topological polar surface area (TPSA) is 51.2 Å². The standard InChI is InChI=1S/C11H11BrN2O2/c12-6-3-7-8(13-4-6)1-2-9-11(7)16-5-10(15)14-9/h3-4,9,11H,1-2,5H2,(H,14,15). The third-order valence-electron chi connectivity index (χ3n) is 3.07. The number of hydrogen-bond donors (Lipinski definition) is 1. The minimum atomic E-state index is -0.0357. The van der Waals surface area contributed by atoms with E-state index in [4.69, 9.17) is 4.74 Å². The van der Waals surface area contributed by atoms with Gasteiger partial charge in [0.15, 0.2) is 0 Å². The Bertz CT molecular complexity index is 450. The van der Waals surface area contributed by atoms with Crippen molar-refractivity contribution in [3.05, 3.63) is 28.0 Å². The predicted molar refractivity (Wildman–Crippen MR) is 60.9 cm³/mol. The molecule has 0 bridgehead atoms. The Morgan fingerprint density at radius 3 is 3.31 bits per heavy atom. The Labute approximate surface area is 102 Å². The van der Waals surface area contributed by atoms with Crippen LogP contribution in [0.2, 0.25) is 0 Å². The number of nitrogens with one attached hydrogen (secondary N) is 1. The summed E-state index contributed by atoms with van der Waals surface area (Å²) < 4.78 is 6.55. The second-order valence-electron chi connectivity index (χ2n) is 4.13. The van der Waals surface area contributed by atoms with E-state index >= 15 is 0 Å². The van der Waals surface area contributed by atoms with Gasteiger partial charge in [-0.25, -0.2) is 0 Å². The van der Waals surface area contributed by atoms with Crippen LogP contribution in [0, 0.1) is 0 Å². The molecule has 0 radical (unpaired) electrons. The highest BCUT2D eigenvalue weighted by Gasteiger charge is 2.35. The molecule has 16 heavy (non-hydrogen) atoms. The molecule has 5 heteroatoms. The Balaban J connectivity index is 1.99. The number of amides is 1. The molecule has 1 amide bonds. The molecule has 1 aliphatic carbocycles. The average molecular weight is 283 g/mol. The molecule has 1 aromatic rings. The molecule has 2 unspecified atom stereocenters. The van der Waals surface area contributed by atoms with Gasteiger partial charge in [0.2, 0.25) is 5.91 Å². The van der Waals surface area contributed by atoms with Crippen LogP contribution in [0.5, 0.6) is 0 Å². The van der Waals surface area contributed by atoms with Gasteiger partial charge in [0.25, 0.3) is 0 Å². The summed E-state index contributed by atoms with van der Waals surface area (Å²) in [6, 6.07) is 2.14. The Morgan fingerprint density at radius 2 is 2.44 bits per heavy atom. The van der Waals surface area contributed by atoms with Crippen molar-refractivity contribution in [3.8, 4) is 0 Å². The second-order valence-corrected chi connectivity index (χ2v) is 5.05. The zero-order chi connectivity index (χ0) is 11.1. The van der Waals surface area contributed by atoms with Crippen LogP contribution in [0.25, 0.3) is 0 Å². The summed E-state index contributed by atoms with van der Waals surface area (Å²) in [7, 11) is 0. The molecule has 2 atom stereocenters. The lowest BCUT2D eigenvalue weighted by Gasteiger charge is -2.36. The summed E-state index contributed by atoms with van der Waals surface area (Å²) in [5, 5.41) is 2.97. The van der Waals surface area contributed by atoms with Gasteiger partial charge >= 0.3 is 0 Å². The van der Waals surface area contributed by atoms with Gasteiger partial charge in [-0.15, -0.1) is 0 Å². The summed E-state index contributed by atoms with van der Waals surface area (Å²) in [6.45, 7) is 0.146. The van der Waals surface area contributed by atoms with Crippen LogP contribution in [-0.2, 0) is 16.0 Å². The van der Waals surface area contributed by atoms with E-state index in [1.165, 1.54) is 0 Å². The van der Waals surface area contributed by atoms with Gasteiger partial charge < -0.3 is 10.1 Å². The van der Waals surface area contributed by atoms with Gasteiger partial charge in [-0.2, -0.15) is 0 Å². The highest BCUT2D eigenvalue weighted by atomic mass is 79.9. The van der Waals surface area contributed by atoms with Crippen LogP contribution in [0.15, 0.2) is 16.7 Å². The normalized spacial score (nSPS) is 27.9. The molecule has 3 rings (SSSR count). The van der Waals surface area contributed by atoms with Gasteiger partial charge in [0, 0.05) is 21.9 Å². The fraction of sp³-hybridized carbons (Fsp3) is 0.455. The van der Waals surface area contributed by atoms with Crippen molar-refractivity contribution < 1.29 is 9.53 Å². The first kappa shape index (κ1) is 10.2. The zero-order valence-corrected chi connectivity index (χ0v) is 10.2. The lowest BCUT2D eigenvalue weighted by molar-refractivity contribution is -0.138. The number of nitrogens with zero attached hydrogens (tertiary/aromatic N) is 1. The zero-order valence-electron chi connectivity index (χ0n) is 8.57. The van der Waals surface area contributed by atoms with Gasteiger partial charge in [0.1, 0.15) is 12.7 Å². The Hall–Kier alpha value is -0.940. The maximum Gasteiger partial charge on any atom is 0.246 e. The first-order chi connectivity index (χ1) is 7.74. The van der Waals surface area contributed by atoms with Crippen LogP contribution >= 0.6 is 15.9 Å². The number of pyridine rings is 1. The molecular formula is C11H11BrN2O2. The number of morpholine rings is 1. The average Bonchev–Trinajstić information content (AvgIpc) is 2.28. The summed E-state index contributed by atoms with van der Waals surface area (Å²) in [4.78, 5) is 15.6. The number of carbonyl (C=O) groups is 1. The Morgan fingerprint density at radius 1 is 1.56 bits per heavy atom. The molecule has 4 nitrogen and oxygen atoms in total. The quantitative estimate of drug-likeness (QED) is 0.782. The van der Waals surface area contributed by atoms with Crippen molar-refractivity contribution in [1.82, 2.24) is 10.3 Å². The molecule has 1 saturated heterocycles. The molecule has 84 valence electrons. The first-order valence-electron chi connectivity index (χ1n) is 5.29. The third kappa shape index (κ3) is 1.64. The van der Waals surface area contributed by atoms with E-state index in [1.807, 2.05) is 6.07 Å². The lowest BCUT2D eigenvalue weighted by Crippen LogP contribution is -2.49. The van der Waals surface area contributed by atoms with Crippen LogP contribution in [0.1, 0.15) is 23.8 Å². The molecule has 0 saturated carbocycles. The minimum absolute atomic E-state index is 0.0207. The van der Waals surface area contributed by atoms with E-state index < -0.39 is 0 Å². The molecule has 1 fully saturated rings. The van der Waals surface area contributed by atoms with Gasteiger partial charge in [-0.3, -0.25) is 9.78 Å². The van der Waals surface area contributed by atoms with E-state index in [0.717, 1.165) is 28.6 Å². The van der Waals surface area contributed by atoms with Crippen LogP contribution in [0.4, 0.5) is 0 Å². The largest absolute Gasteiger partial charge is 0.361 e. The first-order valence-corrected chi connectivity index (χ1v) is 6.08. The van der Waals surface area contributed by atoms with Gasteiger partial charge in [0.05, 0.1) is 6.04 Å². The number of aryl methyl sites for hydroxylation is 1. The summed E-state index contributed by atoms with van der Waals surface area (Å²) >= 11 is 3.41. The summed E-state index contributed by atoms with van der Waals surface area (Å²) in [5.41, 5.74) is 2.19. The summed E-state index contributed by atoms with van der Waals surface area (Å²) in [5.74, 6) is -0.0207. The van der Waals surface area contributed by atoms with Crippen molar-refractivity contribution in [2.45, 2.75) is 25.0 Å². The van der Waals surface area contributed by atoms with Crippen LogP contribution in [-0.4, -0.2) is 23.5 Å². The van der Waals surface area contributed by atoms with Gasteiger partial charge in [-0.05, 0) is 34.8 Å². The number of halogens is 1. The third-order valence-corrected chi connectivity index (χ3v) is 3.51. The second kappa shape index (κ2) is 3.82. The monoisotopic (exact) mass is 282 g/mol. The molecule has 1 N–H and O–H groups in total. The van der Waals surface area contributed by atoms with Crippen molar-refractivity contribution in [1.29, 1.82) is 0 Å². The van der Waals surface area contributed by atoms with E-state index in [9.17, 15) is 4.79 Å². The number of rotatable bonds is 0. The molecule has 2 heterocycles. The van der Waals surface area contributed by atoms with E-state index in [1.54, 1.807) is 6.20 Å². The lowest BCUT2D eigenvalue weighted by atomic mass is 9.88. The Kier molecular flexibility index (Phi) is 2.44. The SMILES string of the molecule is O=C1COC2c3cc(Br)cnc3CCC2N1. The van der Waals surface area contributed by atoms with E-state index in [2.05, 4.69) is 26.2 Å². The van der Waals surface area contributed by atoms with Crippen molar-refractivity contribution in [3.63, 3.8) is 0 Å². The fourth-order valence-corrected chi connectivity index (χ4v) is 2.72. The highest BCUT2D eigenvalue weighted by molar-refractivity contribution is 9.10. The fourth-order valence-electron chi connectivity index (χ4n) is 2.37. The minimum Gasteiger partial charge on any atom is -0.361 e. The molecule has 0 aromatic carbocycles. The molecule has 1 aliphatic heterocycles. The van der Waals surface area contributed by atoms with E-state index in [-0.39, 0.29) is 24.7 Å². The van der Waals surface area contributed by atoms with Crippen molar-refractivity contribution in [2.24, 2.45) is 0 Å². The van der Waals surface area contributed by atoms with Gasteiger partial charge in [-0.1, -0.05) is 0 Å². The summed E-state index contributed by atoms with van der Waals surface area (Å²) in [6.07, 6.45) is 3.57. The number of carbonyl (C=O) groups excluding carboxylic acids is 1. The number of ether oxygens (including phenoxy) is 1. The maximum atomic E-state index is 11.2. The number of aromatic nitrogens is 1. The highest BCUT2D eigenvalue weighted by Crippen LogP contribution is 2.34. The van der Waals surface area contributed by atoms with Crippen LogP contribution < -0.4 is 5.32 Å². The maximum absolute atomic E-state index is 11.2. The van der Waals surface area contributed by atoms with Crippen molar-refractivity contribution >= 4 is 21.8 Å². The smallest absolute Gasteiger partial charge is 0.246 e. The molecule has 1 aromatic heterocycles. The predicted octanol–water partition coefficient (Wildman–Crippen LogP) is 1.35. The molecule has 2 aliphatic rings. The van der Waals surface area contributed by atoms with Crippen molar-refractivity contribution in [2.75, 3.05) is 6.61 Å². The van der Waals surface area contributed by atoms with E-state index in [0.29, 0.717) is 0 Å². The molecule has 0 spiro atoms.